The van der Waals surface area contributed by atoms with Gasteiger partial charge in [-0.1, -0.05) is 13.8 Å². The first-order valence-corrected chi connectivity index (χ1v) is 7.74. The van der Waals surface area contributed by atoms with Crippen LogP contribution in [0.3, 0.4) is 0 Å². The van der Waals surface area contributed by atoms with Crippen LogP contribution in [-0.2, 0) is 0 Å². The Morgan fingerprint density at radius 2 is 2.19 bits per heavy atom. The zero-order valence-electron chi connectivity index (χ0n) is 12.7. The van der Waals surface area contributed by atoms with Crippen molar-refractivity contribution in [1.29, 1.82) is 0 Å². The molecule has 21 heavy (non-hydrogen) atoms. The summed E-state index contributed by atoms with van der Waals surface area (Å²) in [5, 5.41) is 0.926. The third kappa shape index (κ3) is 2.89. The van der Waals surface area contributed by atoms with E-state index >= 15 is 0 Å². The standard InChI is InChI=1S/C17H23N3O/c1-11(2)7-8-20(13-4-5-13)17(21)15-10-19-16-6-3-12(18)9-14(15)16/h3,6,9-11,13,19H,4-5,7-8,18H2,1-2H3. The second kappa shape index (κ2) is 5.43. The molecule has 1 heterocycles. The molecular formula is C17H23N3O. The highest BCUT2D eigenvalue weighted by Gasteiger charge is 2.33. The molecule has 3 N–H and O–H groups in total. The van der Waals surface area contributed by atoms with Gasteiger partial charge in [-0.2, -0.15) is 0 Å². The summed E-state index contributed by atoms with van der Waals surface area (Å²) in [4.78, 5) is 18.1. The van der Waals surface area contributed by atoms with Gasteiger partial charge in [-0.3, -0.25) is 4.79 Å². The summed E-state index contributed by atoms with van der Waals surface area (Å²) in [6.45, 7) is 5.24. The first-order valence-electron chi connectivity index (χ1n) is 7.74. The summed E-state index contributed by atoms with van der Waals surface area (Å²) < 4.78 is 0. The molecule has 112 valence electrons. The van der Waals surface area contributed by atoms with E-state index in [1.165, 1.54) is 0 Å². The van der Waals surface area contributed by atoms with Gasteiger partial charge in [-0.05, 0) is 43.4 Å². The van der Waals surface area contributed by atoms with Gasteiger partial charge in [-0.15, -0.1) is 0 Å². The van der Waals surface area contributed by atoms with E-state index in [9.17, 15) is 4.79 Å². The molecule has 0 atom stereocenters. The number of aromatic amines is 1. The van der Waals surface area contributed by atoms with Crippen LogP contribution in [0.25, 0.3) is 10.9 Å². The van der Waals surface area contributed by atoms with Gasteiger partial charge in [0.05, 0.1) is 5.56 Å². The maximum atomic E-state index is 12.9. The van der Waals surface area contributed by atoms with Crippen LogP contribution < -0.4 is 5.73 Å². The number of nitrogens with two attached hydrogens (primary N) is 1. The lowest BCUT2D eigenvalue weighted by Crippen LogP contribution is -2.34. The van der Waals surface area contributed by atoms with Gasteiger partial charge in [0, 0.05) is 35.4 Å². The van der Waals surface area contributed by atoms with E-state index in [1.807, 2.05) is 29.3 Å². The van der Waals surface area contributed by atoms with Crippen molar-refractivity contribution in [3.8, 4) is 0 Å². The number of hydrogen-bond donors (Lipinski definition) is 2. The number of carbonyl (C=O) groups excluding carboxylic acids is 1. The van der Waals surface area contributed by atoms with E-state index in [-0.39, 0.29) is 5.91 Å². The fourth-order valence-electron chi connectivity index (χ4n) is 2.70. The first kappa shape index (κ1) is 14.0. The molecule has 3 rings (SSSR count). The summed E-state index contributed by atoms with van der Waals surface area (Å²) in [7, 11) is 0. The fraction of sp³-hybridized carbons (Fsp3) is 0.471. The van der Waals surface area contributed by atoms with E-state index in [0.717, 1.165) is 42.3 Å². The smallest absolute Gasteiger partial charge is 0.256 e. The number of nitrogen functional groups attached to an aromatic ring is 1. The monoisotopic (exact) mass is 285 g/mol. The molecule has 0 unspecified atom stereocenters. The van der Waals surface area contributed by atoms with Crippen LogP contribution in [0, 0.1) is 5.92 Å². The SMILES string of the molecule is CC(C)CCN(C(=O)c1c[nH]c2ccc(N)cc12)C1CC1. The number of rotatable bonds is 5. The molecule has 0 bridgehead atoms. The summed E-state index contributed by atoms with van der Waals surface area (Å²) in [5.74, 6) is 0.743. The number of carbonyl (C=O) groups is 1. The quantitative estimate of drug-likeness (QED) is 0.827. The molecule has 1 aliphatic rings. The van der Waals surface area contributed by atoms with Crippen LogP contribution in [0.1, 0.15) is 43.5 Å². The molecule has 0 radical (unpaired) electrons. The summed E-state index contributed by atoms with van der Waals surface area (Å²) in [6.07, 6.45) is 5.13. The number of benzene rings is 1. The minimum atomic E-state index is 0.134. The minimum Gasteiger partial charge on any atom is -0.399 e. The zero-order valence-corrected chi connectivity index (χ0v) is 12.7. The van der Waals surface area contributed by atoms with E-state index in [1.54, 1.807) is 0 Å². The highest BCUT2D eigenvalue weighted by atomic mass is 16.2. The molecule has 2 aromatic rings. The van der Waals surface area contributed by atoms with Gasteiger partial charge in [0.25, 0.3) is 5.91 Å². The highest BCUT2D eigenvalue weighted by molar-refractivity contribution is 6.07. The van der Waals surface area contributed by atoms with Crippen molar-refractivity contribution in [2.24, 2.45) is 5.92 Å². The molecular weight excluding hydrogens is 262 g/mol. The number of fused-ring (bicyclic) bond motifs is 1. The minimum absolute atomic E-state index is 0.134. The molecule has 1 amide bonds. The van der Waals surface area contributed by atoms with Crippen LogP contribution >= 0.6 is 0 Å². The summed E-state index contributed by atoms with van der Waals surface area (Å²) in [6, 6.07) is 6.09. The van der Waals surface area contributed by atoms with Gasteiger partial charge in [0.2, 0.25) is 0 Å². The van der Waals surface area contributed by atoms with E-state index in [0.29, 0.717) is 17.6 Å². The number of aromatic nitrogens is 1. The predicted molar refractivity (Wildman–Crippen MR) is 86.2 cm³/mol. The maximum Gasteiger partial charge on any atom is 0.256 e. The van der Waals surface area contributed by atoms with Crippen molar-refractivity contribution in [1.82, 2.24) is 9.88 Å². The van der Waals surface area contributed by atoms with Gasteiger partial charge in [-0.25, -0.2) is 0 Å². The Kier molecular flexibility index (Phi) is 3.62. The van der Waals surface area contributed by atoms with E-state index in [4.69, 9.17) is 5.73 Å². The molecule has 1 saturated carbocycles. The summed E-state index contributed by atoms with van der Waals surface area (Å²) >= 11 is 0. The third-order valence-electron chi connectivity index (χ3n) is 4.13. The zero-order chi connectivity index (χ0) is 15.0. The molecule has 1 aromatic heterocycles. The topological polar surface area (TPSA) is 62.1 Å². The number of anilines is 1. The van der Waals surface area contributed by atoms with Crippen molar-refractivity contribution in [3.63, 3.8) is 0 Å². The molecule has 0 spiro atoms. The van der Waals surface area contributed by atoms with Crippen LogP contribution in [0.4, 0.5) is 5.69 Å². The molecule has 4 heteroatoms. The normalized spacial score (nSPS) is 14.8. The van der Waals surface area contributed by atoms with Gasteiger partial charge < -0.3 is 15.6 Å². The Morgan fingerprint density at radius 3 is 2.86 bits per heavy atom. The molecule has 4 nitrogen and oxygen atoms in total. The van der Waals surface area contributed by atoms with Crippen LogP contribution in [0.15, 0.2) is 24.4 Å². The van der Waals surface area contributed by atoms with Gasteiger partial charge in [0.1, 0.15) is 0 Å². The maximum absolute atomic E-state index is 12.9. The second-order valence-electron chi connectivity index (χ2n) is 6.42. The molecule has 1 aromatic carbocycles. The fourth-order valence-corrected chi connectivity index (χ4v) is 2.70. The lowest BCUT2D eigenvalue weighted by molar-refractivity contribution is 0.0737. The molecule has 0 saturated heterocycles. The molecule has 0 aliphatic heterocycles. The Balaban J connectivity index is 1.88. The van der Waals surface area contributed by atoms with Crippen molar-refractivity contribution in [3.05, 3.63) is 30.0 Å². The van der Waals surface area contributed by atoms with Crippen molar-refractivity contribution in [2.45, 2.75) is 39.2 Å². The van der Waals surface area contributed by atoms with Crippen molar-refractivity contribution < 1.29 is 4.79 Å². The number of nitrogens with zero attached hydrogens (tertiary/aromatic N) is 1. The Labute approximate surface area is 125 Å². The number of H-pyrrole nitrogens is 1. The largest absolute Gasteiger partial charge is 0.399 e. The van der Waals surface area contributed by atoms with Crippen molar-refractivity contribution >= 4 is 22.5 Å². The number of hydrogen-bond acceptors (Lipinski definition) is 2. The van der Waals surface area contributed by atoms with Crippen molar-refractivity contribution in [2.75, 3.05) is 12.3 Å². The highest BCUT2D eigenvalue weighted by Crippen LogP contribution is 2.31. The second-order valence-corrected chi connectivity index (χ2v) is 6.42. The summed E-state index contributed by atoms with van der Waals surface area (Å²) in [5.41, 5.74) is 8.26. The lowest BCUT2D eigenvalue weighted by Gasteiger charge is -2.23. The Bertz CT molecular complexity index is 655. The third-order valence-corrected chi connectivity index (χ3v) is 4.13. The Morgan fingerprint density at radius 1 is 1.43 bits per heavy atom. The predicted octanol–water partition coefficient (Wildman–Crippen LogP) is 3.40. The van der Waals surface area contributed by atoms with Gasteiger partial charge in [0.15, 0.2) is 0 Å². The van der Waals surface area contributed by atoms with Crippen LogP contribution in [-0.4, -0.2) is 28.4 Å². The van der Waals surface area contributed by atoms with E-state index < -0.39 is 0 Å². The van der Waals surface area contributed by atoms with E-state index in [2.05, 4.69) is 18.8 Å². The average molecular weight is 285 g/mol. The lowest BCUT2D eigenvalue weighted by atomic mass is 10.1. The average Bonchev–Trinajstić information content (AvgIpc) is 3.18. The Hall–Kier alpha value is -1.97. The molecule has 1 fully saturated rings. The first-order chi connectivity index (χ1) is 10.1. The number of nitrogens with one attached hydrogen (secondary N) is 1. The molecule has 1 aliphatic carbocycles. The van der Waals surface area contributed by atoms with Crippen LogP contribution in [0.2, 0.25) is 0 Å². The number of amides is 1. The van der Waals surface area contributed by atoms with Gasteiger partial charge >= 0.3 is 0 Å². The van der Waals surface area contributed by atoms with Crippen LogP contribution in [0.5, 0.6) is 0 Å².